The molecule has 0 spiro atoms. The predicted octanol–water partition coefficient (Wildman–Crippen LogP) is 1.76. The van der Waals surface area contributed by atoms with Crippen LogP contribution in [0.1, 0.15) is 33.7 Å². The quantitative estimate of drug-likeness (QED) is 0.676. The molecule has 154 valence electrons. The number of carbonyl (C=O) groups is 3. The molecule has 0 atom stereocenters. The number of hydrogen-bond acceptors (Lipinski definition) is 7. The van der Waals surface area contributed by atoms with E-state index in [0.29, 0.717) is 41.7 Å². The zero-order valence-corrected chi connectivity index (χ0v) is 17.0. The summed E-state index contributed by atoms with van der Waals surface area (Å²) in [7, 11) is 3.01. The van der Waals surface area contributed by atoms with Crippen LogP contribution in [0.4, 0.5) is 5.13 Å². The van der Waals surface area contributed by atoms with E-state index >= 15 is 0 Å². The number of hydrogen-bond donors (Lipinski definition) is 2. The largest absolute Gasteiger partial charge is 0.493 e. The van der Waals surface area contributed by atoms with Crippen molar-refractivity contribution in [3.8, 4) is 11.5 Å². The van der Waals surface area contributed by atoms with Gasteiger partial charge < -0.3 is 19.7 Å². The van der Waals surface area contributed by atoms with Gasteiger partial charge in [0, 0.05) is 37.0 Å². The lowest BCUT2D eigenvalue weighted by Crippen LogP contribution is -2.35. The molecular weight excluding hydrogens is 396 g/mol. The predicted molar refractivity (Wildman–Crippen MR) is 108 cm³/mol. The van der Waals surface area contributed by atoms with Crippen LogP contribution in [0.25, 0.3) is 0 Å². The topological polar surface area (TPSA) is 110 Å². The van der Waals surface area contributed by atoms with Crippen molar-refractivity contribution in [1.29, 1.82) is 0 Å². The molecule has 2 N–H and O–H groups in total. The Morgan fingerprint density at radius 1 is 1.21 bits per heavy atom. The lowest BCUT2D eigenvalue weighted by atomic mass is 10.2. The number of nitrogens with one attached hydrogen (secondary N) is 2. The smallest absolute Gasteiger partial charge is 0.270 e. The Labute approximate surface area is 172 Å². The number of rotatable bonds is 8. The number of nitrogens with zero attached hydrogens (tertiary/aromatic N) is 2. The highest BCUT2D eigenvalue weighted by atomic mass is 32.1. The Morgan fingerprint density at radius 2 is 2.00 bits per heavy atom. The Kier molecular flexibility index (Phi) is 6.65. The molecular formula is C19H22N4O5S. The summed E-state index contributed by atoms with van der Waals surface area (Å²) >= 11 is 1.15. The van der Waals surface area contributed by atoms with Gasteiger partial charge in [0.25, 0.3) is 11.8 Å². The summed E-state index contributed by atoms with van der Waals surface area (Å²) in [6.07, 6.45) is 1.44. The van der Waals surface area contributed by atoms with Crippen molar-refractivity contribution in [2.75, 3.05) is 39.2 Å². The van der Waals surface area contributed by atoms with Crippen LogP contribution in [-0.4, -0.2) is 61.5 Å². The molecule has 1 aromatic carbocycles. The van der Waals surface area contributed by atoms with E-state index in [1.54, 1.807) is 28.5 Å². The molecule has 9 nitrogen and oxygen atoms in total. The van der Waals surface area contributed by atoms with Gasteiger partial charge in [0.2, 0.25) is 5.91 Å². The van der Waals surface area contributed by atoms with Gasteiger partial charge in [0.1, 0.15) is 5.69 Å². The fourth-order valence-electron chi connectivity index (χ4n) is 2.92. The molecule has 1 aromatic heterocycles. The van der Waals surface area contributed by atoms with Gasteiger partial charge in [-0.3, -0.25) is 19.7 Å². The summed E-state index contributed by atoms with van der Waals surface area (Å²) in [4.78, 5) is 42.1. The third kappa shape index (κ3) is 5.02. The molecule has 0 unspecified atom stereocenters. The van der Waals surface area contributed by atoms with E-state index in [1.807, 2.05) is 0 Å². The molecule has 0 saturated carbocycles. The van der Waals surface area contributed by atoms with Crippen molar-refractivity contribution >= 4 is 34.2 Å². The van der Waals surface area contributed by atoms with Gasteiger partial charge in [-0.2, -0.15) is 0 Å². The summed E-state index contributed by atoms with van der Waals surface area (Å²) in [6.45, 7) is 1.57. The first kappa shape index (κ1) is 20.6. The van der Waals surface area contributed by atoms with E-state index in [0.717, 1.165) is 24.3 Å². The van der Waals surface area contributed by atoms with Crippen molar-refractivity contribution in [2.45, 2.75) is 12.8 Å². The number of amides is 3. The van der Waals surface area contributed by atoms with Crippen LogP contribution in [0.5, 0.6) is 11.5 Å². The molecule has 0 aliphatic carbocycles. The second kappa shape index (κ2) is 9.37. The van der Waals surface area contributed by atoms with Crippen molar-refractivity contribution in [3.63, 3.8) is 0 Å². The van der Waals surface area contributed by atoms with Crippen molar-refractivity contribution in [3.05, 3.63) is 34.8 Å². The van der Waals surface area contributed by atoms with Crippen LogP contribution in [0, 0.1) is 0 Å². The Balaban J connectivity index is 1.54. The highest BCUT2D eigenvalue weighted by Gasteiger charge is 2.20. The molecule has 3 rings (SSSR count). The van der Waals surface area contributed by atoms with Crippen molar-refractivity contribution < 1.29 is 23.9 Å². The molecule has 29 heavy (non-hydrogen) atoms. The number of thiazole rings is 1. The molecule has 1 aliphatic rings. The minimum Gasteiger partial charge on any atom is -0.493 e. The molecule has 2 aromatic rings. The van der Waals surface area contributed by atoms with E-state index in [-0.39, 0.29) is 23.4 Å². The summed E-state index contributed by atoms with van der Waals surface area (Å²) in [5.41, 5.74) is 0.587. The zero-order valence-electron chi connectivity index (χ0n) is 16.2. The van der Waals surface area contributed by atoms with Crippen LogP contribution in [0.15, 0.2) is 23.6 Å². The lowest BCUT2D eigenvalue weighted by molar-refractivity contribution is -0.127. The van der Waals surface area contributed by atoms with Crippen LogP contribution in [0.3, 0.4) is 0 Å². The first-order valence-electron chi connectivity index (χ1n) is 9.06. The average molecular weight is 418 g/mol. The van der Waals surface area contributed by atoms with Gasteiger partial charge in [0.15, 0.2) is 16.6 Å². The maximum absolute atomic E-state index is 12.4. The fraction of sp³-hybridized carbons (Fsp3) is 0.368. The first-order valence-corrected chi connectivity index (χ1v) is 9.94. The van der Waals surface area contributed by atoms with Crippen molar-refractivity contribution in [1.82, 2.24) is 15.2 Å². The van der Waals surface area contributed by atoms with Crippen LogP contribution in [-0.2, 0) is 4.79 Å². The summed E-state index contributed by atoms with van der Waals surface area (Å²) < 4.78 is 10.4. The second-order valence-electron chi connectivity index (χ2n) is 6.30. The van der Waals surface area contributed by atoms with Gasteiger partial charge in [-0.25, -0.2) is 4.98 Å². The van der Waals surface area contributed by atoms with Gasteiger partial charge in [-0.15, -0.1) is 11.3 Å². The number of carbonyl (C=O) groups excluding carboxylic acids is 3. The van der Waals surface area contributed by atoms with Gasteiger partial charge >= 0.3 is 0 Å². The molecule has 1 aliphatic heterocycles. The molecule has 0 bridgehead atoms. The van der Waals surface area contributed by atoms with E-state index < -0.39 is 0 Å². The third-order valence-corrected chi connectivity index (χ3v) is 5.20. The summed E-state index contributed by atoms with van der Waals surface area (Å²) in [5.74, 6) is 0.358. The number of methoxy groups -OCH3 is 2. The highest BCUT2D eigenvalue weighted by molar-refractivity contribution is 7.14. The Bertz CT molecular complexity index is 914. The normalized spacial score (nSPS) is 13.3. The van der Waals surface area contributed by atoms with E-state index in [4.69, 9.17) is 9.47 Å². The number of likely N-dealkylation sites (tertiary alicyclic amines) is 1. The van der Waals surface area contributed by atoms with Gasteiger partial charge in [-0.05, 0) is 24.6 Å². The SMILES string of the molecule is COc1ccc(C(=O)Nc2nc(C(=O)NCCN3CCCC3=O)cs2)cc1OC. The summed E-state index contributed by atoms with van der Waals surface area (Å²) in [5, 5.41) is 7.29. The molecule has 1 saturated heterocycles. The highest BCUT2D eigenvalue weighted by Crippen LogP contribution is 2.28. The number of anilines is 1. The molecule has 3 amide bonds. The number of benzene rings is 1. The van der Waals surface area contributed by atoms with Gasteiger partial charge in [0.05, 0.1) is 14.2 Å². The zero-order chi connectivity index (χ0) is 20.8. The minimum absolute atomic E-state index is 0.119. The van der Waals surface area contributed by atoms with E-state index in [2.05, 4.69) is 15.6 Å². The van der Waals surface area contributed by atoms with E-state index in [1.165, 1.54) is 14.2 Å². The maximum Gasteiger partial charge on any atom is 0.270 e. The van der Waals surface area contributed by atoms with Crippen molar-refractivity contribution in [2.24, 2.45) is 0 Å². The lowest BCUT2D eigenvalue weighted by Gasteiger charge is -2.15. The second-order valence-corrected chi connectivity index (χ2v) is 7.16. The first-order chi connectivity index (χ1) is 14.0. The average Bonchev–Trinajstić information content (AvgIpc) is 3.36. The number of ether oxygens (including phenoxy) is 2. The fourth-order valence-corrected chi connectivity index (χ4v) is 3.60. The molecule has 1 fully saturated rings. The van der Waals surface area contributed by atoms with E-state index in [9.17, 15) is 14.4 Å². The van der Waals surface area contributed by atoms with Gasteiger partial charge in [-0.1, -0.05) is 0 Å². The standard InChI is InChI=1S/C19H22N4O5S/c1-27-14-6-5-12(10-15(14)28-2)17(25)22-19-21-13(11-29-19)18(26)20-7-9-23-8-3-4-16(23)24/h5-6,10-11H,3-4,7-9H2,1-2H3,(H,20,26)(H,21,22,25). The minimum atomic E-state index is -0.375. The molecule has 0 radical (unpaired) electrons. The summed E-state index contributed by atoms with van der Waals surface area (Å²) in [6, 6.07) is 4.81. The van der Waals surface area contributed by atoms with Crippen LogP contribution < -0.4 is 20.1 Å². The van der Waals surface area contributed by atoms with Crippen LogP contribution in [0.2, 0.25) is 0 Å². The maximum atomic E-state index is 12.4. The molecule has 2 heterocycles. The third-order valence-electron chi connectivity index (χ3n) is 4.44. The Morgan fingerprint density at radius 3 is 2.69 bits per heavy atom. The Hall–Kier alpha value is -3.14. The monoisotopic (exact) mass is 418 g/mol. The molecule has 10 heteroatoms. The van der Waals surface area contributed by atoms with Crippen LogP contribution >= 0.6 is 11.3 Å². The number of aromatic nitrogens is 1.